The zero-order valence-electron chi connectivity index (χ0n) is 7.17. The van der Waals surface area contributed by atoms with Crippen molar-refractivity contribution in [1.82, 2.24) is 0 Å². The van der Waals surface area contributed by atoms with Crippen LogP contribution in [0.5, 0.6) is 0 Å². The van der Waals surface area contributed by atoms with Gasteiger partial charge < -0.3 is 0 Å². The molecule has 2 atom stereocenters. The second-order valence-corrected chi connectivity index (χ2v) is 6.45. The van der Waals surface area contributed by atoms with Gasteiger partial charge in [-0.2, -0.15) is 19.6 Å². The fourth-order valence-corrected chi connectivity index (χ4v) is 5.44. The smallest absolute Gasteiger partial charge is 0.132 e. The molecule has 2 heterocycles. The van der Waals surface area contributed by atoms with Crippen molar-refractivity contribution in [3.05, 3.63) is 20.1 Å². The molecular formula is C8H2N4S3. The Morgan fingerprint density at radius 1 is 1.27 bits per heavy atom. The van der Waals surface area contributed by atoms with E-state index in [1.165, 1.54) is 0 Å². The first-order chi connectivity index (χ1) is 7.30. The molecule has 2 aliphatic rings. The summed E-state index contributed by atoms with van der Waals surface area (Å²) in [6.45, 7) is 0. The van der Waals surface area contributed by atoms with Crippen molar-refractivity contribution < 1.29 is 0 Å². The molecule has 0 radical (unpaired) electrons. The molecule has 0 spiro atoms. The Labute approximate surface area is 95.7 Å². The molecule has 15 heavy (non-hydrogen) atoms. The first-order valence-electron chi connectivity index (χ1n) is 3.65. The molecule has 4 nitrogen and oxygen atoms in total. The maximum atomic E-state index is 8.87. The lowest BCUT2D eigenvalue weighted by atomic mass is 10.5. The van der Waals surface area contributed by atoms with Crippen molar-refractivity contribution in [2.45, 2.75) is 0 Å². The van der Waals surface area contributed by atoms with Crippen LogP contribution in [-0.4, -0.2) is 5.37 Å². The lowest BCUT2D eigenvalue weighted by Crippen LogP contribution is -1.98. The van der Waals surface area contributed by atoms with Crippen LogP contribution in [0.2, 0.25) is 0 Å². The van der Waals surface area contributed by atoms with E-state index in [0.29, 0.717) is 9.81 Å². The van der Waals surface area contributed by atoms with Crippen LogP contribution < -0.4 is 0 Å². The van der Waals surface area contributed by atoms with E-state index in [4.69, 9.17) is 15.8 Å². The quantitative estimate of drug-likeness (QED) is 0.374. The van der Waals surface area contributed by atoms with Gasteiger partial charge in [-0.05, 0) is 26.5 Å². The summed E-state index contributed by atoms with van der Waals surface area (Å²) in [4.78, 5) is 1.79. The van der Waals surface area contributed by atoms with Crippen LogP contribution in [0.25, 0.3) is 0 Å². The van der Waals surface area contributed by atoms with Crippen LogP contribution in [0, 0.1) is 33.3 Å². The Hall–Kier alpha value is -1.33. The topological polar surface area (TPSA) is 83.7 Å². The van der Waals surface area contributed by atoms with Gasteiger partial charge in [0.1, 0.15) is 27.3 Å². The number of rotatable bonds is 0. The van der Waals surface area contributed by atoms with Crippen molar-refractivity contribution in [2.24, 2.45) is 3.77 Å². The van der Waals surface area contributed by atoms with Gasteiger partial charge in [0.05, 0.1) is 4.91 Å². The highest BCUT2D eigenvalue weighted by molar-refractivity contribution is 8.25. The molecule has 7 heteroatoms. The lowest BCUT2D eigenvalue weighted by Gasteiger charge is -2.07. The number of fused-ring (bicyclic) bond motifs is 1. The number of nitrogens with zero attached hydrogens (tertiary/aromatic N) is 4. The minimum atomic E-state index is -0.817. The fourth-order valence-electron chi connectivity index (χ4n) is 0.996. The van der Waals surface area contributed by atoms with Crippen molar-refractivity contribution in [3.8, 4) is 17.5 Å². The molecule has 72 valence electrons. The molecule has 0 saturated heterocycles. The van der Waals surface area contributed by atoms with E-state index in [-0.39, 0.29) is 0 Å². The molecule has 0 aliphatic carbocycles. The summed E-state index contributed by atoms with van der Waals surface area (Å²) >= 11 is 1.14. The highest BCUT2D eigenvalue weighted by Gasteiger charge is 2.22. The SMILES string of the molecule is N#CC1=CS2=NSC(C#N)=C2C=S1C#N. The van der Waals surface area contributed by atoms with Crippen molar-refractivity contribution >= 4 is 38.5 Å². The zero-order chi connectivity index (χ0) is 10.8. The third kappa shape index (κ3) is 1.64. The zero-order valence-corrected chi connectivity index (χ0v) is 9.62. The summed E-state index contributed by atoms with van der Waals surface area (Å²) in [5.41, 5.74) is 0. The van der Waals surface area contributed by atoms with E-state index in [1.807, 2.05) is 12.1 Å². The molecule has 0 fully saturated rings. The van der Waals surface area contributed by atoms with Crippen LogP contribution in [0.1, 0.15) is 0 Å². The first-order valence-corrected chi connectivity index (χ1v) is 6.96. The summed E-state index contributed by atoms with van der Waals surface area (Å²) in [5.74, 6) is 0. The highest BCUT2D eigenvalue weighted by atomic mass is 32.2. The van der Waals surface area contributed by atoms with E-state index in [9.17, 15) is 0 Å². The van der Waals surface area contributed by atoms with Gasteiger partial charge in [0.15, 0.2) is 0 Å². The number of hydrogen-bond acceptors (Lipinski definition) is 5. The average molecular weight is 250 g/mol. The van der Waals surface area contributed by atoms with Gasteiger partial charge in [-0.1, -0.05) is 0 Å². The third-order valence-corrected chi connectivity index (χ3v) is 6.09. The molecule has 0 aromatic heterocycles. The predicted octanol–water partition coefficient (Wildman–Crippen LogP) is 2.12. The minimum absolute atomic E-state index is 0.452. The van der Waals surface area contributed by atoms with Crippen LogP contribution >= 0.6 is 22.4 Å². The lowest BCUT2D eigenvalue weighted by molar-refractivity contribution is 1.53. The molecule has 2 aliphatic heterocycles. The summed E-state index contributed by atoms with van der Waals surface area (Å²) in [5, 5.41) is 32.0. The van der Waals surface area contributed by atoms with Gasteiger partial charge in [-0.15, -0.1) is 0 Å². The van der Waals surface area contributed by atoms with E-state index in [2.05, 4.69) is 9.17 Å². The van der Waals surface area contributed by atoms with E-state index in [1.54, 1.807) is 10.8 Å². The second-order valence-electron chi connectivity index (χ2n) is 2.43. The molecule has 0 saturated carbocycles. The van der Waals surface area contributed by atoms with Gasteiger partial charge in [-0.3, -0.25) is 0 Å². The number of hydrogen-bond donors (Lipinski definition) is 0. The van der Waals surface area contributed by atoms with E-state index in [0.717, 1.165) is 16.9 Å². The van der Waals surface area contributed by atoms with Gasteiger partial charge in [0.25, 0.3) is 0 Å². The summed E-state index contributed by atoms with van der Waals surface area (Å²) < 4.78 is 4.16. The molecule has 2 rings (SSSR count). The van der Waals surface area contributed by atoms with Gasteiger partial charge >= 0.3 is 0 Å². The monoisotopic (exact) mass is 250 g/mol. The van der Waals surface area contributed by atoms with E-state index < -0.39 is 21.2 Å². The predicted molar refractivity (Wildman–Crippen MR) is 63.0 cm³/mol. The molecule has 0 amide bonds. The Morgan fingerprint density at radius 3 is 2.67 bits per heavy atom. The molecule has 0 N–H and O–H groups in total. The van der Waals surface area contributed by atoms with Gasteiger partial charge in [0.2, 0.25) is 0 Å². The first kappa shape index (κ1) is 10.2. The Morgan fingerprint density at radius 2 is 2.07 bits per heavy atom. The van der Waals surface area contributed by atoms with Crippen LogP contribution in [0.4, 0.5) is 0 Å². The van der Waals surface area contributed by atoms with E-state index >= 15 is 0 Å². The van der Waals surface area contributed by atoms with Crippen LogP contribution in [0.3, 0.4) is 0 Å². The van der Waals surface area contributed by atoms with Gasteiger partial charge in [-0.25, -0.2) is 0 Å². The molecule has 0 aromatic carbocycles. The molecule has 2 unspecified atom stereocenters. The maximum absolute atomic E-state index is 8.87. The highest BCUT2D eigenvalue weighted by Crippen LogP contribution is 2.39. The molecule has 0 aromatic rings. The number of allylic oxidation sites excluding steroid dienone is 3. The summed E-state index contributed by atoms with van der Waals surface area (Å²) in [6.07, 6.45) is 0. The normalized spacial score (nSPS) is 27.4. The van der Waals surface area contributed by atoms with Crippen LogP contribution in [-0.2, 0) is 10.7 Å². The molecular weight excluding hydrogens is 248 g/mol. The maximum Gasteiger partial charge on any atom is 0.132 e. The van der Waals surface area contributed by atoms with Crippen LogP contribution in [0.15, 0.2) is 23.9 Å². The summed E-state index contributed by atoms with van der Waals surface area (Å²) in [6, 6.07) is 4.05. The standard InChI is InChI=1S/C8H2N4S3/c9-1-6-3-15-8(4-14(6)5-11)7(2-10)13-12-15/h3-4H. The Balaban J connectivity index is 2.61. The van der Waals surface area contributed by atoms with Crippen molar-refractivity contribution in [2.75, 3.05) is 0 Å². The average Bonchev–Trinajstić information content (AvgIpc) is 2.68. The fraction of sp³-hybridized carbons (Fsp3) is 0. The largest absolute Gasteiger partial charge is 0.192 e. The minimum Gasteiger partial charge on any atom is -0.192 e. The Kier molecular flexibility index (Phi) is 2.75. The Bertz CT molecular complexity index is 589. The number of thiocyanates is 1. The second kappa shape index (κ2) is 4.04. The van der Waals surface area contributed by atoms with Gasteiger partial charge in [0, 0.05) is 17.4 Å². The van der Waals surface area contributed by atoms with Crippen molar-refractivity contribution in [1.29, 1.82) is 15.8 Å². The molecule has 0 bridgehead atoms. The van der Waals surface area contributed by atoms with Crippen molar-refractivity contribution in [3.63, 3.8) is 0 Å². The third-order valence-electron chi connectivity index (χ3n) is 1.65. The number of nitriles is 3. The summed E-state index contributed by atoms with van der Waals surface area (Å²) in [7, 11) is -1.32.